The fourth-order valence-electron chi connectivity index (χ4n) is 3.38. The quantitative estimate of drug-likeness (QED) is 0.779. The summed E-state index contributed by atoms with van der Waals surface area (Å²) in [5.74, 6) is 0.430. The topological polar surface area (TPSA) is 87.6 Å². The molecule has 0 aromatic heterocycles. The molecule has 146 valence electrons. The Morgan fingerprint density at radius 3 is 2.64 bits per heavy atom. The number of hydrogen-bond donors (Lipinski definition) is 2. The van der Waals surface area contributed by atoms with E-state index in [0.717, 1.165) is 18.4 Å². The van der Waals surface area contributed by atoms with Crippen molar-refractivity contribution < 1.29 is 13.2 Å². The summed E-state index contributed by atoms with van der Waals surface area (Å²) in [7, 11) is -3.71. The summed E-state index contributed by atoms with van der Waals surface area (Å²) in [6, 6.07) is 13.8. The van der Waals surface area contributed by atoms with Crippen LogP contribution in [0.3, 0.4) is 0 Å². The fraction of sp³-hybridized carbons (Fsp3) is 0.300. The van der Waals surface area contributed by atoms with Gasteiger partial charge in [-0.2, -0.15) is 0 Å². The number of halogens is 1. The highest BCUT2D eigenvalue weighted by molar-refractivity contribution is 7.90. The number of amidine groups is 1. The zero-order chi connectivity index (χ0) is 19.7. The van der Waals surface area contributed by atoms with Crippen LogP contribution in [0.15, 0.2) is 58.4 Å². The van der Waals surface area contributed by atoms with Crippen LogP contribution in [0.1, 0.15) is 30.7 Å². The molecule has 2 N–H and O–H groups in total. The van der Waals surface area contributed by atoms with Gasteiger partial charge in [-0.1, -0.05) is 29.8 Å². The van der Waals surface area contributed by atoms with Gasteiger partial charge in [-0.25, -0.2) is 8.42 Å². The van der Waals surface area contributed by atoms with Gasteiger partial charge in [0, 0.05) is 29.6 Å². The van der Waals surface area contributed by atoms with Crippen molar-refractivity contribution in [2.45, 2.75) is 30.1 Å². The first kappa shape index (κ1) is 19.0. The minimum absolute atomic E-state index is 0.102. The number of hydrogen-bond acceptors (Lipinski definition) is 4. The molecule has 1 saturated carbocycles. The Labute approximate surface area is 169 Å². The molecule has 0 saturated heterocycles. The molecule has 2 atom stereocenters. The first-order valence-corrected chi connectivity index (χ1v) is 11.0. The van der Waals surface area contributed by atoms with E-state index >= 15 is 0 Å². The van der Waals surface area contributed by atoms with Gasteiger partial charge in [-0.05, 0) is 54.7 Å². The summed E-state index contributed by atoms with van der Waals surface area (Å²) in [5.41, 5.74) is 1.55. The third-order valence-electron chi connectivity index (χ3n) is 4.96. The number of nitrogens with zero attached hydrogens (tertiary/aromatic N) is 1. The van der Waals surface area contributed by atoms with Gasteiger partial charge in [-0.15, -0.1) is 0 Å². The molecule has 2 aromatic rings. The van der Waals surface area contributed by atoms with Crippen molar-refractivity contribution in [2.24, 2.45) is 10.9 Å². The molecule has 2 unspecified atom stereocenters. The summed E-state index contributed by atoms with van der Waals surface area (Å²) in [6.45, 7) is 0.643. The molecule has 28 heavy (non-hydrogen) atoms. The van der Waals surface area contributed by atoms with Gasteiger partial charge in [0.1, 0.15) is 5.84 Å². The lowest BCUT2D eigenvalue weighted by Crippen LogP contribution is -2.29. The van der Waals surface area contributed by atoms with E-state index in [-0.39, 0.29) is 22.6 Å². The normalized spacial score (nSPS) is 21.1. The van der Waals surface area contributed by atoms with Gasteiger partial charge in [0.15, 0.2) is 0 Å². The first-order chi connectivity index (χ1) is 13.4. The zero-order valence-electron chi connectivity index (χ0n) is 15.1. The number of amides is 1. The van der Waals surface area contributed by atoms with Gasteiger partial charge in [0.05, 0.1) is 4.90 Å². The second-order valence-corrected chi connectivity index (χ2v) is 9.17. The second kappa shape index (κ2) is 7.56. The molecule has 0 bridgehead atoms. The van der Waals surface area contributed by atoms with E-state index in [0.29, 0.717) is 29.5 Å². The summed E-state index contributed by atoms with van der Waals surface area (Å²) in [6.07, 6.45) is 2.25. The predicted molar refractivity (Wildman–Crippen MR) is 109 cm³/mol. The monoisotopic (exact) mass is 417 g/mol. The number of benzene rings is 2. The van der Waals surface area contributed by atoms with Crippen LogP contribution in [-0.2, 0) is 14.8 Å². The Balaban J connectivity index is 1.42. The second-order valence-electron chi connectivity index (χ2n) is 7.05. The molecular weight excluding hydrogens is 398 g/mol. The third kappa shape index (κ3) is 4.20. The van der Waals surface area contributed by atoms with E-state index in [4.69, 9.17) is 11.6 Å². The predicted octanol–water partition coefficient (Wildman–Crippen LogP) is 3.55. The van der Waals surface area contributed by atoms with Crippen molar-refractivity contribution in [3.63, 3.8) is 0 Å². The maximum absolute atomic E-state index is 12.5. The van der Waals surface area contributed by atoms with Crippen LogP contribution >= 0.6 is 11.6 Å². The van der Waals surface area contributed by atoms with E-state index in [1.54, 1.807) is 12.1 Å². The first-order valence-electron chi connectivity index (χ1n) is 9.15. The fourth-order valence-corrected chi connectivity index (χ4v) is 4.64. The average molecular weight is 418 g/mol. The van der Waals surface area contributed by atoms with Crippen LogP contribution in [0.5, 0.6) is 0 Å². The van der Waals surface area contributed by atoms with Crippen LogP contribution in [0.2, 0.25) is 5.02 Å². The highest BCUT2D eigenvalue weighted by Crippen LogP contribution is 2.48. The van der Waals surface area contributed by atoms with E-state index in [9.17, 15) is 13.2 Å². The van der Waals surface area contributed by atoms with Crippen LogP contribution in [0, 0.1) is 5.92 Å². The van der Waals surface area contributed by atoms with Gasteiger partial charge >= 0.3 is 0 Å². The molecule has 1 aliphatic heterocycles. The van der Waals surface area contributed by atoms with E-state index < -0.39 is 10.0 Å². The standard InChI is InChI=1S/C20H20ClN3O3S/c21-14-8-6-13(7-9-14)17-12-18(17)20(25)23-15-3-1-4-16(11-15)28(26,27)24-19-5-2-10-22-19/h1,3-4,6-9,11,17-18H,2,5,10,12H2,(H,22,24)(H,23,25). The Kier molecular flexibility index (Phi) is 5.12. The lowest BCUT2D eigenvalue weighted by Gasteiger charge is -2.10. The van der Waals surface area contributed by atoms with E-state index in [2.05, 4.69) is 15.0 Å². The van der Waals surface area contributed by atoms with Crippen molar-refractivity contribution in [3.8, 4) is 0 Å². The molecule has 1 aliphatic carbocycles. The van der Waals surface area contributed by atoms with Gasteiger partial charge in [-0.3, -0.25) is 14.5 Å². The molecule has 0 spiro atoms. The number of carbonyl (C=O) groups is 1. The highest BCUT2D eigenvalue weighted by atomic mass is 35.5. The number of aliphatic imine (C=N–C) groups is 1. The molecule has 4 rings (SSSR count). The Morgan fingerprint density at radius 1 is 1.14 bits per heavy atom. The Hall–Kier alpha value is -2.38. The maximum atomic E-state index is 12.5. The average Bonchev–Trinajstić information content (AvgIpc) is 3.32. The van der Waals surface area contributed by atoms with Crippen LogP contribution in [0.25, 0.3) is 0 Å². The molecule has 1 fully saturated rings. The lowest BCUT2D eigenvalue weighted by atomic mass is 10.1. The Bertz CT molecular complexity index is 1030. The smallest absolute Gasteiger partial charge is 0.262 e. The largest absolute Gasteiger partial charge is 0.326 e. The molecule has 1 heterocycles. The van der Waals surface area contributed by atoms with Crippen LogP contribution in [0.4, 0.5) is 5.69 Å². The molecule has 2 aromatic carbocycles. The van der Waals surface area contributed by atoms with Gasteiger partial charge in [0.25, 0.3) is 10.0 Å². The van der Waals surface area contributed by atoms with Crippen molar-refractivity contribution in [1.82, 2.24) is 4.72 Å². The molecule has 1 amide bonds. The lowest BCUT2D eigenvalue weighted by molar-refractivity contribution is -0.117. The summed E-state index contributed by atoms with van der Waals surface area (Å²) in [4.78, 5) is 16.8. The van der Waals surface area contributed by atoms with Crippen molar-refractivity contribution in [1.29, 1.82) is 0 Å². The van der Waals surface area contributed by atoms with Crippen molar-refractivity contribution in [2.75, 3.05) is 11.9 Å². The number of nitrogens with one attached hydrogen (secondary N) is 2. The SMILES string of the molecule is O=C(Nc1cccc(S(=O)(=O)NC2=NCCC2)c1)C1CC1c1ccc(Cl)cc1. The summed E-state index contributed by atoms with van der Waals surface area (Å²) in [5, 5.41) is 3.50. The highest BCUT2D eigenvalue weighted by Gasteiger charge is 2.43. The van der Waals surface area contributed by atoms with E-state index in [1.165, 1.54) is 12.1 Å². The van der Waals surface area contributed by atoms with Crippen LogP contribution in [-0.4, -0.2) is 26.7 Å². The summed E-state index contributed by atoms with van der Waals surface area (Å²) < 4.78 is 27.6. The molecule has 2 aliphatic rings. The minimum atomic E-state index is -3.71. The molecular formula is C20H20ClN3O3S. The summed E-state index contributed by atoms with van der Waals surface area (Å²) >= 11 is 5.91. The van der Waals surface area contributed by atoms with Crippen LogP contribution < -0.4 is 10.0 Å². The van der Waals surface area contributed by atoms with E-state index in [1.807, 2.05) is 24.3 Å². The van der Waals surface area contributed by atoms with Gasteiger partial charge < -0.3 is 5.32 Å². The number of sulfonamides is 1. The molecule has 6 nitrogen and oxygen atoms in total. The number of rotatable bonds is 5. The molecule has 0 radical (unpaired) electrons. The van der Waals surface area contributed by atoms with Gasteiger partial charge in [0.2, 0.25) is 5.91 Å². The maximum Gasteiger partial charge on any atom is 0.262 e. The third-order valence-corrected chi connectivity index (χ3v) is 6.59. The number of anilines is 1. The number of carbonyl (C=O) groups excluding carboxylic acids is 1. The molecule has 8 heteroatoms. The Morgan fingerprint density at radius 2 is 1.93 bits per heavy atom. The van der Waals surface area contributed by atoms with Crippen molar-refractivity contribution in [3.05, 3.63) is 59.1 Å². The minimum Gasteiger partial charge on any atom is -0.326 e. The zero-order valence-corrected chi connectivity index (χ0v) is 16.6. The van der Waals surface area contributed by atoms with Crippen molar-refractivity contribution >= 4 is 39.1 Å².